The van der Waals surface area contributed by atoms with Gasteiger partial charge in [-0.05, 0) is 29.8 Å². The normalized spacial score (nSPS) is 11.7. The molecule has 0 radical (unpaired) electrons. The second-order valence-electron chi connectivity index (χ2n) is 7.55. The van der Waals surface area contributed by atoms with E-state index in [-0.39, 0.29) is 12.4 Å². The van der Waals surface area contributed by atoms with Gasteiger partial charge in [-0.25, -0.2) is 0 Å². The van der Waals surface area contributed by atoms with E-state index in [0.29, 0.717) is 49.3 Å². The maximum Gasteiger partial charge on any atom is 0.258 e. The number of halogens is 2. The second kappa shape index (κ2) is 10.7. The largest absolute Gasteiger partial charge is 0.505 e. The zero-order valence-corrected chi connectivity index (χ0v) is 20.4. The molecule has 1 amide bonds. The third-order valence-electron chi connectivity index (χ3n) is 5.37. The molecule has 180 valence electrons. The Kier molecular flexibility index (Phi) is 7.48. The lowest BCUT2D eigenvalue weighted by Crippen LogP contribution is -2.33. The van der Waals surface area contributed by atoms with E-state index in [9.17, 15) is 9.90 Å². The van der Waals surface area contributed by atoms with E-state index in [0.717, 1.165) is 0 Å². The summed E-state index contributed by atoms with van der Waals surface area (Å²) in [6, 6.07) is 16.3. The summed E-state index contributed by atoms with van der Waals surface area (Å²) in [6.45, 7) is -0.308. The lowest BCUT2D eigenvalue weighted by atomic mass is 9.96. The van der Waals surface area contributed by atoms with E-state index in [2.05, 4.69) is 10.3 Å². The van der Waals surface area contributed by atoms with Crippen LogP contribution in [0.1, 0.15) is 17.2 Å². The molecule has 4 aromatic rings. The number of hydrogen-bond acceptors (Lipinski definition) is 6. The number of aromatic nitrogens is 1. The van der Waals surface area contributed by atoms with Gasteiger partial charge in [-0.15, -0.1) is 0 Å². The predicted molar refractivity (Wildman–Crippen MR) is 135 cm³/mol. The number of phenolic OH excluding ortho intramolecular Hbond substituents is 1. The predicted octanol–water partition coefficient (Wildman–Crippen LogP) is 5.55. The summed E-state index contributed by atoms with van der Waals surface area (Å²) < 4.78 is 16.1. The molecule has 4 rings (SSSR count). The number of carbonyl (C=O) groups is 1. The number of carbonyl (C=O) groups excluding carboxylic acids is 1. The van der Waals surface area contributed by atoms with E-state index >= 15 is 0 Å². The van der Waals surface area contributed by atoms with E-state index in [4.69, 9.17) is 37.4 Å². The smallest absolute Gasteiger partial charge is 0.258 e. The molecule has 1 heterocycles. The van der Waals surface area contributed by atoms with Gasteiger partial charge in [0.2, 0.25) is 0 Å². The number of aromatic hydroxyl groups is 1. The van der Waals surface area contributed by atoms with Gasteiger partial charge in [0.1, 0.15) is 28.5 Å². The quantitative estimate of drug-likeness (QED) is 0.321. The van der Waals surface area contributed by atoms with Crippen LogP contribution in [0.3, 0.4) is 0 Å². The van der Waals surface area contributed by atoms with Crippen molar-refractivity contribution >= 4 is 40.0 Å². The summed E-state index contributed by atoms with van der Waals surface area (Å²) in [4.78, 5) is 17.2. The van der Waals surface area contributed by atoms with E-state index in [1.165, 1.54) is 14.2 Å². The molecule has 0 aliphatic rings. The Bertz CT molecular complexity index is 1360. The molecule has 3 aromatic carbocycles. The lowest BCUT2D eigenvalue weighted by Gasteiger charge is -2.23. The van der Waals surface area contributed by atoms with Crippen molar-refractivity contribution in [2.45, 2.75) is 6.04 Å². The highest BCUT2D eigenvalue weighted by atomic mass is 35.5. The van der Waals surface area contributed by atoms with Gasteiger partial charge in [-0.1, -0.05) is 41.4 Å². The van der Waals surface area contributed by atoms with Crippen molar-refractivity contribution < 1.29 is 24.1 Å². The minimum absolute atomic E-state index is 0.103. The molecule has 9 heteroatoms. The number of rotatable bonds is 8. The minimum atomic E-state index is -0.816. The Morgan fingerprint density at radius 3 is 2.31 bits per heavy atom. The molecule has 35 heavy (non-hydrogen) atoms. The van der Waals surface area contributed by atoms with Crippen molar-refractivity contribution in [2.75, 3.05) is 20.8 Å². The SMILES string of the molecule is COc1cc(OC)cc(OCC(=O)NC(c2ccccc2Cl)c2cc(Cl)c3cccnc3c2O)c1. The topological polar surface area (TPSA) is 89.9 Å². The zero-order valence-electron chi connectivity index (χ0n) is 18.9. The Morgan fingerprint density at radius 2 is 1.63 bits per heavy atom. The maximum atomic E-state index is 13.0. The summed E-state index contributed by atoms with van der Waals surface area (Å²) in [7, 11) is 3.05. The van der Waals surface area contributed by atoms with Crippen molar-refractivity contribution in [1.82, 2.24) is 10.3 Å². The Morgan fingerprint density at radius 1 is 0.943 bits per heavy atom. The molecule has 0 fully saturated rings. The number of hydrogen-bond donors (Lipinski definition) is 2. The molecule has 2 N–H and O–H groups in total. The van der Waals surface area contributed by atoms with Crippen LogP contribution in [0.15, 0.2) is 66.9 Å². The van der Waals surface area contributed by atoms with E-state index < -0.39 is 11.9 Å². The molecular weight excluding hydrogens is 491 g/mol. The van der Waals surface area contributed by atoms with Crippen LogP contribution in [-0.4, -0.2) is 36.8 Å². The van der Waals surface area contributed by atoms with E-state index in [1.54, 1.807) is 66.9 Å². The fourth-order valence-electron chi connectivity index (χ4n) is 3.67. The molecule has 0 saturated carbocycles. The summed E-state index contributed by atoms with van der Waals surface area (Å²) in [5.74, 6) is 0.891. The number of ether oxygens (including phenoxy) is 3. The number of nitrogens with zero attached hydrogens (tertiary/aromatic N) is 1. The lowest BCUT2D eigenvalue weighted by molar-refractivity contribution is -0.123. The number of pyridine rings is 1. The van der Waals surface area contributed by atoms with Gasteiger partial charge >= 0.3 is 0 Å². The first kappa shape index (κ1) is 24.4. The molecule has 0 bridgehead atoms. The molecule has 0 spiro atoms. The van der Waals surface area contributed by atoms with Gasteiger partial charge in [0, 0.05) is 40.4 Å². The first-order valence-electron chi connectivity index (χ1n) is 10.6. The third kappa shape index (κ3) is 5.37. The standard InChI is InChI=1S/C26H22Cl2N2O5/c1-33-15-10-16(34-2)12-17(11-15)35-14-23(31)30-24(18-6-3-4-8-21(18)27)20-13-22(28)19-7-5-9-29-25(19)26(20)32/h3-13,24,32H,14H2,1-2H3,(H,30,31). The molecule has 0 saturated heterocycles. The summed E-state index contributed by atoms with van der Waals surface area (Å²) in [5, 5.41) is 15.3. The number of methoxy groups -OCH3 is 2. The van der Waals surface area contributed by atoms with Crippen LogP contribution in [0.4, 0.5) is 0 Å². The van der Waals surface area contributed by atoms with Crippen molar-refractivity contribution in [3.05, 3.63) is 88.0 Å². The molecule has 7 nitrogen and oxygen atoms in total. The van der Waals surface area contributed by atoms with Crippen LogP contribution >= 0.6 is 23.2 Å². The van der Waals surface area contributed by atoms with Crippen LogP contribution in [0.25, 0.3) is 10.9 Å². The van der Waals surface area contributed by atoms with Crippen LogP contribution in [0, 0.1) is 0 Å². The van der Waals surface area contributed by atoms with Crippen molar-refractivity contribution in [2.24, 2.45) is 0 Å². The number of amides is 1. The minimum Gasteiger partial charge on any atom is -0.505 e. The fraction of sp³-hybridized carbons (Fsp3) is 0.154. The molecule has 1 atom stereocenters. The number of benzene rings is 3. The first-order chi connectivity index (χ1) is 16.9. The van der Waals surface area contributed by atoms with Crippen molar-refractivity contribution in [3.8, 4) is 23.0 Å². The maximum absolute atomic E-state index is 13.0. The van der Waals surface area contributed by atoms with Crippen molar-refractivity contribution in [1.29, 1.82) is 0 Å². The monoisotopic (exact) mass is 512 g/mol. The zero-order chi connectivity index (χ0) is 24.9. The third-order valence-corrected chi connectivity index (χ3v) is 6.03. The van der Waals surface area contributed by atoms with E-state index in [1.807, 2.05) is 0 Å². The average molecular weight is 513 g/mol. The molecule has 0 aliphatic carbocycles. The van der Waals surface area contributed by atoms with Gasteiger partial charge in [-0.2, -0.15) is 0 Å². The van der Waals surface area contributed by atoms with Gasteiger partial charge in [0.15, 0.2) is 6.61 Å². The Labute approximate surface area is 212 Å². The van der Waals surface area contributed by atoms with Crippen molar-refractivity contribution in [3.63, 3.8) is 0 Å². The van der Waals surface area contributed by atoms with Crippen LogP contribution in [-0.2, 0) is 4.79 Å². The second-order valence-corrected chi connectivity index (χ2v) is 8.37. The summed E-state index contributed by atoms with van der Waals surface area (Å²) in [6.07, 6.45) is 1.56. The van der Waals surface area contributed by atoms with Gasteiger partial charge < -0.3 is 24.6 Å². The van der Waals surface area contributed by atoms with Crippen LogP contribution in [0.5, 0.6) is 23.0 Å². The highest BCUT2D eigenvalue weighted by Crippen LogP contribution is 2.39. The number of phenols is 1. The molecule has 1 aromatic heterocycles. The average Bonchev–Trinajstić information content (AvgIpc) is 2.88. The molecule has 0 aliphatic heterocycles. The van der Waals surface area contributed by atoms with Gasteiger partial charge in [0.25, 0.3) is 5.91 Å². The summed E-state index contributed by atoms with van der Waals surface area (Å²) in [5.41, 5.74) is 1.25. The molecular formula is C26H22Cl2N2O5. The van der Waals surface area contributed by atoms with Crippen LogP contribution in [0.2, 0.25) is 10.0 Å². The van der Waals surface area contributed by atoms with Gasteiger partial charge in [-0.3, -0.25) is 9.78 Å². The highest BCUT2D eigenvalue weighted by Gasteiger charge is 2.25. The Hall–Kier alpha value is -3.68. The fourth-order valence-corrected chi connectivity index (χ4v) is 4.19. The molecule has 1 unspecified atom stereocenters. The first-order valence-corrected chi connectivity index (χ1v) is 11.3. The highest BCUT2D eigenvalue weighted by molar-refractivity contribution is 6.35. The number of fused-ring (bicyclic) bond motifs is 1. The number of nitrogens with one attached hydrogen (secondary N) is 1. The Balaban J connectivity index is 1.66. The van der Waals surface area contributed by atoms with Gasteiger partial charge in [0.05, 0.1) is 25.3 Å². The van der Waals surface area contributed by atoms with Crippen LogP contribution < -0.4 is 19.5 Å². The summed E-state index contributed by atoms with van der Waals surface area (Å²) >= 11 is 13.0.